The molecular formula is C13H16ClNO4S. The van der Waals surface area contributed by atoms with Crippen LogP contribution in [0.5, 0.6) is 0 Å². The minimum Gasteiger partial charge on any atom is -0.348 e. The molecule has 0 saturated carbocycles. The summed E-state index contributed by atoms with van der Waals surface area (Å²) in [6, 6.07) is 6.09. The molecule has 1 N–H and O–H groups in total. The van der Waals surface area contributed by atoms with E-state index in [0.29, 0.717) is 13.0 Å². The molecule has 0 amide bonds. The highest BCUT2D eigenvalue weighted by molar-refractivity contribution is 7.89. The molecule has 0 aromatic heterocycles. The van der Waals surface area contributed by atoms with Gasteiger partial charge < -0.3 is 9.47 Å². The van der Waals surface area contributed by atoms with Gasteiger partial charge in [0, 0.05) is 0 Å². The van der Waals surface area contributed by atoms with Crippen LogP contribution in [-0.4, -0.2) is 38.8 Å². The second-order valence-electron chi connectivity index (χ2n) is 5.17. The molecule has 2 bridgehead atoms. The Morgan fingerprint density at radius 2 is 2.00 bits per heavy atom. The van der Waals surface area contributed by atoms with Gasteiger partial charge in [-0.05, 0) is 25.5 Å². The summed E-state index contributed by atoms with van der Waals surface area (Å²) in [6.07, 6.45) is -0.0434. The molecule has 0 aliphatic carbocycles. The fraction of sp³-hybridized carbons (Fsp3) is 0.538. The zero-order valence-electron chi connectivity index (χ0n) is 11.0. The van der Waals surface area contributed by atoms with Crippen LogP contribution in [0.25, 0.3) is 0 Å². The molecule has 110 valence electrons. The maximum Gasteiger partial charge on any atom is 0.241 e. The first kappa shape index (κ1) is 14.3. The van der Waals surface area contributed by atoms with E-state index >= 15 is 0 Å². The third kappa shape index (κ3) is 2.71. The second kappa shape index (κ2) is 5.27. The smallest absolute Gasteiger partial charge is 0.241 e. The van der Waals surface area contributed by atoms with Gasteiger partial charge in [0.1, 0.15) is 0 Å². The summed E-state index contributed by atoms with van der Waals surface area (Å²) in [5.74, 6) is 0. The van der Waals surface area contributed by atoms with Crippen molar-refractivity contribution in [2.24, 2.45) is 0 Å². The van der Waals surface area contributed by atoms with E-state index in [4.69, 9.17) is 21.1 Å². The maximum absolute atomic E-state index is 12.4. The van der Waals surface area contributed by atoms with Crippen LogP contribution in [0, 0.1) is 6.92 Å². The highest BCUT2D eigenvalue weighted by Gasteiger charge is 2.45. The van der Waals surface area contributed by atoms with Gasteiger partial charge in [-0.15, -0.1) is 11.6 Å². The van der Waals surface area contributed by atoms with Crippen molar-refractivity contribution >= 4 is 21.6 Å². The molecule has 2 fully saturated rings. The van der Waals surface area contributed by atoms with E-state index < -0.39 is 22.4 Å². The van der Waals surface area contributed by atoms with E-state index in [2.05, 4.69) is 4.72 Å². The van der Waals surface area contributed by atoms with E-state index in [9.17, 15) is 8.42 Å². The predicted octanol–water partition coefficient (Wildman–Crippen LogP) is 1.39. The zero-order chi connectivity index (χ0) is 14.3. The minimum absolute atomic E-state index is 0.0253. The zero-order valence-corrected chi connectivity index (χ0v) is 12.5. The lowest BCUT2D eigenvalue weighted by Crippen LogP contribution is -2.52. The lowest BCUT2D eigenvalue weighted by Gasteiger charge is -2.31. The number of halogens is 1. The van der Waals surface area contributed by atoms with Crippen LogP contribution in [0.1, 0.15) is 12.0 Å². The number of aryl methyl sites for hydroxylation is 1. The lowest BCUT2D eigenvalue weighted by molar-refractivity contribution is -0.0964. The summed E-state index contributed by atoms with van der Waals surface area (Å²) < 4.78 is 38.3. The highest BCUT2D eigenvalue weighted by atomic mass is 35.5. The molecule has 1 aromatic rings. The van der Waals surface area contributed by atoms with Crippen LogP contribution >= 0.6 is 11.6 Å². The number of nitrogens with one attached hydrogen (secondary N) is 1. The molecule has 4 atom stereocenters. The average Bonchev–Trinajstić information content (AvgIpc) is 2.79. The molecule has 2 aliphatic heterocycles. The number of fused-ring (bicyclic) bond motifs is 2. The standard InChI is InChI=1S/C13H16ClNO4S/c1-8-2-4-10(5-3-8)20(16,17)15-12-11(14)6-9-7-18-13(12)19-9/h2-5,9,11-13,15H,6-7H2,1H3/t9-,11+,12-,13+/m0/s1. The number of benzene rings is 1. The van der Waals surface area contributed by atoms with Gasteiger partial charge in [-0.3, -0.25) is 0 Å². The van der Waals surface area contributed by atoms with E-state index in [1.807, 2.05) is 6.92 Å². The van der Waals surface area contributed by atoms with Crippen LogP contribution in [0.4, 0.5) is 0 Å². The molecule has 3 rings (SSSR count). The molecule has 7 heteroatoms. The Kier molecular flexibility index (Phi) is 3.77. The van der Waals surface area contributed by atoms with Crippen molar-refractivity contribution in [1.82, 2.24) is 4.72 Å². The monoisotopic (exact) mass is 317 g/mol. The van der Waals surface area contributed by atoms with Gasteiger partial charge in [0.05, 0.1) is 29.0 Å². The molecule has 0 unspecified atom stereocenters. The van der Waals surface area contributed by atoms with Gasteiger partial charge in [-0.1, -0.05) is 17.7 Å². The van der Waals surface area contributed by atoms with Crippen molar-refractivity contribution in [2.75, 3.05) is 6.61 Å². The van der Waals surface area contributed by atoms with Crippen molar-refractivity contribution in [3.05, 3.63) is 29.8 Å². The fourth-order valence-electron chi connectivity index (χ4n) is 2.44. The first-order valence-electron chi connectivity index (χ1n) is 6.46. The lowest BCUT2D eigenvalue weighted by atomic mass is 10.1. The van der Waals surface area contributed by atoms with Crippen molar-refractivity contribution in [3.8, 4) is 0 Å². The predicted molar refractivity (Wildman–Crippen MR) is 74.2 cm³/mol. The highest BCUT2D eigenvalue weighted by Crippen LogP contribution is 2.31. The molecule has 1 aromatic carbocycles. The molecule has 0 radical (unpaired) electrons. The maximum atomic E-state index is 12.4. The summed E-state index contributed by atoms with van der Waals surface area (Å²) in [4.78, 5) is 0.215. The Hall–Kier alpha value is -0.660. The van der Waals surface area contributed by atoms with E-state index in [1.54, 1.807) is 24.3 Å². The van der Waals surface area contributed by atoms with Gasteiger partial charge in [0.2, 0.25) is 10.0 Å². The van der Waals surface area contributed by atoms with Crippen LogP contribution < -0.4 is 4.72 Å². The number of hydrogen-bond acceptors (Lipinski definition) is 4. The molecule has 2 saturated heterocycles. The normalized spacial score (nSPS) is 33.3. The van der Waals surface area contributed by atoms with Crippen molar-refractivity contribution in [2.45, 2.75) is 42.1 Å². The minimum atomic E-state index is -3.63. The van der Waals surface area contributed by atoms with Crippen molar-refractivity contribution < 1.29 is 17.9 Å². The number of rotatable bonds is 3. The summed E-state index contributed by atoms with van der Waals surface area (Å²) >= 11 is 6.24. The van der Waals surface area contributed by atoms with E-state index in [0.717, 1.165) is 5.56 Å². The number of ether oxygens (including phenoxy) is 2. The Balaban J connectivity index is 1.80. The van der Waals surface area contributed by atoms with Gasteiger partial charge >= 0.3 is 0 Å². The summed E-state index contributed by atoms with van der Waals surface area (Å²) in [7, 11) is -3.63. The summed E-state index contributed by atoms with van der Waals surface area (Å²) in [5.41, 5.74) is 1.00. The Labute approximate surface area is 123 Å². The van der Waals surface area contributed by atoms with Crippen LogP contribution in [-0.2, 0) is 19.5 Å². The number of alkyl halides is 1. The third-order valence-electron chi connectivity index (χ3n) is 3.57. The van der Waals surface area contributed by atoms with Crippen LogP contribution in [0.3, 0.4) is 0 Å². The van der Waals surface area contributed by atoms with Gasteiger partial charge in [0.25, 0.3) is 0 Å². The fourth-order valence-corrected chi connectivity index (χ4v) is 4.16. The summed E-state index contributed by atoms with van der Waals surface area (Å²) in [5, 5.41) is -0.332. The Morgan fingerprint density at radius 1 is 1.30 bits per heavy atom. The molecule has 2 aliphatic rings. The second-order valence-corrected chi connectivity index (χ2v) is 7.45. The number of hydrogen-bond donors (Lipinski definition) is 1. The van der Waals surface area contributed by atoms with Crippen LogP contribution in [0.2, 0.25) is 0 Å². The van der Waals surface area contributed by atoms with E-state index in [-0.39, 0.29) is 16.4 Å². The third-order valence-corrected chi connectivity index (χ3v) is 5.49. The molecule has 20 heavy (non-hydrogen) atoms. The largest absolute Gasteiger partial charge is 0.348 e. The molecule has 2 heterocycles. The molecule has 5 nitrogen and oxygen atoms in total. The Morgan fingerprint density at radius 3 is 2.70 bits per heavy atom. The quantitative estimate of drug-likeness (QED) is 0.856. The summed E-state index contributed by atoms with van der Waals surface area (Å²) in [6.45, 7) is 2.37. The van der Waals surface area contributed by atoms with Crippen molar-refractivity contribution in [1.29, 1.82) is 0 Å². The molecular weight excluding hydrogens is 302 g/mol. The van der Waals surface area contributed by atoms with Gasteiger partial charge in [0.15, 0.2) is 6.29 Å². The topological polar surface area (TPSA) is 64.6 Å². The first-order valence-corrected chi connectivity index (χ1v) is 8.38. The van der Waals surface area contributed by atoms with Crippen LogP contribution in [0.15, 0.2) is 29.2 Å². The number of sulfonamides is 1. The van der Waals surface area contributed by atoms with Gasteiger partial charge in [-0.25, -0.2) is 13.1 Å². The van der Waals surface area contributed by atoms with E-state index in [1.165, 1.54) is 0 Å². The SMILES string of the molecule is Cc1ccc(S(=O)(=O)N[C@@H]2[C@@H]3OC[C@H](C[C@H]2Cl)O3)cc1. The van der Waals surface area contributed by atoms with Crippen molar-refractivity contribution in [3.63, 3.8) is 0 Å². The Bertz CT molecular complexity index is 589. The molecule has 0 spiro atoms. The first-order chi connectivity index (χ1) is 9.45. The van der Waals surface area contributed by atoms with Gasteiger partial charge in [-0.2, -0.15) is 0 Å². The average molecular weight is 318 g/mol.